The molecule has 0 heterocycles. The Kier molecular flexibility index (Phi) is 3.94. The summed E-state index contributed by atoms with van der Waals surface area (Å²) >= 11 is 0. The average molecular weight is 303 g/mol. The van der Waals surface area contributed by atoms with Crippen LogP contribution >= 0.6 is 0 Å². The van der Waals surface area contributed by atoms with Crippen LogP contribution < -0.4 is 16.8 Å². The van der Waals surface area contributed by atoms with E-state index in [-0.39, 0.29) is 0 Å². The Morgan fingerprint density at radius 3 is 1.96 bits per heavy atom. The van der Waals surface area contributed by atoms with E-state index in [1.54, 1.807) is 0 Å². The van der Waals surface area contributed by atoms with Gasteiger partial charge in [0.2, 0.25) is 0 Å². The molecule has 0 bridgehead atoms. The smallest absolute Gasteiger partial charge is 0.0617 e. The molecule has 0 saturated heterocycles. The molecule has 5 N–H and O–H groups in total. The lowest BCUT2D eigenvalue weighted by atomic mass is 10.00. The second-order valence-corrected chi connectivity index (χ2v) is 5.81. The summed E-state index contributed by atoms with van der Waals surface area (Å²) < 4.78 is 0. The van der Waals surface area contributed by atoms with Gasteiger partial charge >= 0.3 is 0 Å². The number of para-hydroxylation sites is 2. The zero-order chi connectivity index (χ0) is 16.4. The molecule has 0 saturated carbocycles. The van der Waals surface area contributed by atoms with Crippen molar-refractivity contribution in [3.63, 3.8) is 0 Å². The van der Waals surface area contributed by atoms with E-state index in [1.165, 1.54) is 16.7 Å². The summed E-state index contributed by atoms with van der Waals surface area (Å²) in [5.74, 6) is 0. The lowest BCUT2D eigenvalue weighted by molar-refractivity contribution is 1.42. The summed E-state index contributed by atoms with van der Waals surface area (Å²) in [4.78, 5) is 0. The molecule has 0 aromatic heterocycles. The summed E-state index contributed by atoms with van der Waals surface area (Å²) in [5.41, 5.74) is 20.0. The summed E-state index contributed by atoms with van der Waals surface area (Å²) in [6, 6.07) is 20.3. The molecule has 0 aliphatic rings. The zero-order valence-corrected chi connectivity index (χ0v) is 13.4. The number of benzene rings is 3. The standard InChI is InChI=1S/C20H21N3/c1-13-11-15(7-9-17(13)21)16-8-10-19(14(2)12-16)23-20-6-4-3-5-18(20)22/h3-12,23H,21-22H2,1-2H3. The minimum Gasteiger partial charge on any atom is -0.399 e. The van der Waals surface area contributed by atoms with Crippen LogP contribution in [0.25, 0.3) is 11.1 Å². The maximum atomic E-state index is 6.00. The first-order valence-corrected chi connectivity index (χ1v) is 7.63. The van der Waals surface area contributed by atoms with E-state index in [2.05, 4.69) is 42.6 Å². The van der Waals surface area contributed by atoms with Crippen molar-refractivity contribution in [3.05, 3.63) is 71.8 Å². The molecule has 0 unspecified atom stereocenters. The van der Waals surface area contributed by atoms with Crippen LogP contribution in [0.15, 0.2) is 60.7 Å². The number of aryl methyl sites for hydroxylation is 2. The van der Waals surface area contributed by atoms with Crippen LogP contribution in [0, 0.1) is 13.8 Å². The Hall–Kier alpha value is -2.94. The van der Waals surface area contributed by atoms with Crippen molar-refractivity contribution in [2.75, 3.05) is 16.8 Å². The van der Waals surface area contributed by atoms with E-state index in [9.17, 15) is 0 Å². The van der Waals surface area contributed by atoms with Gasteiger partial charge in [-0.05, 0) is 72.5 Å². The van der Waals surface area contributed by atoms with Crippen LogP contribution in [-0.4, -0.2) is 0 Å². The number of nitrogens with one attached hydrogen (secondary N) is 1. The summed E-state index contributed by atoms with van der Waals surface area (Å²) in [7, 11) is 0. The summed E-state index contributed by atoms with van der Waals surface area (Å²) in [6.45, 7) is 4.12. The Balaban J connectivity index is 1.91. The number of nitrogen functional groups attached to an aromatic ring is 2. The normalized spacial score (nSPS) is 10.5. The van der Waals surface area contributed by atoms with Crippen LogP contribution in [0.4, 0.5) is 22.7 Å². The molecule has 0 atom stereocenters. The molecule has 3 aromatic rings. The van der Waals surface area contributed by atoms with Crippen molar-refractivity contribution in [1.82, 2.24) is 0 Å². The third kappa shape index (κ3) is 3.14. The van der Waals surface area contributed by atoms with E-state index < -0.39 is 0 Å². The monoisotopic (exact) mass is 303 g/mol. The lowest BCUT2D eigenvalue weighted by Crippen LogP contribution is -1.97. The molecule has 116 valence electrons. The van der Waals surface area contributed by atoms with Crippen LogP contribution in [0.5, 0.6) is 0 Å². The third-order valence-electron chi connectivity index (χ3n) is 4.06. The van der Waals surface area contributed by atoms with Crippen molar-refractivity contribution in [2.24, 2.45) is 0 Å². The van der Waals surface area contributed by atoms with Crippen LogP contribution in [0.1, 0.15) is 11.1 Å². The lowest BCUT2D eigenvalue weighted by Gasteiger charge is -2.13. The van der Waals surface area contributed by atoms with Crippen molar-refractivity contribution in [3.8, 4) is 11.1 Å². The molecule has 0 amide bonds. The minimum atomic E-state index is 0.741. The number of nitrogens with two attached hydrogens (primary N) is 2. The van der Waals surface area contributed by atoms with Crippen molar-refractivity contribution < 1.29 is 0 Å². The average Bonchev–Trinajstić information content (AvgIpc) is 2.54. The van der Waals surface area contributed by atoms with E-state index in [0.29, 0.717) is 0 Å². The first-order chi connectivity index (χ1) is 11.0. The first-order valence-electron chi connectivity index (χ1n) is 7.63. The van der Waals surface area contributed by atoms with Gasteiger partial charge in [-0.1, -0.05) is 24.3 Å². The Morgan fingerprint density at radius 2 is 1.30 bits per heavy atom. The molecule has 3 heteroatoms. The quantitative estimate of drug-likeness (QED) is 0.604. The topological polar surface area (TPSA) is 64.1 Å². The number of rotatable bonds is 3. The molecule has 0 radical (unpaired) electrons. The highest BCUT2D eigenvalue weighted by molar-refractivity contribution is 5.76. The van der Waals surface area contributed by atoms with Gasteiger partial charge in [-0.3, -0.25) is 0 Å². The van der Waals surface area contributed by atoms with Gasteiger partial charge in [-0.25, -0.2) is 0 Å². The zero-order valence-electron chi connectivity index (χ0n) is 13.4. The predicted molar refractivity (Wildman–Crippen MR) is 99.9 cm³/mol. The SMILES string of the molecule is Cc1cc(-c2ccc(Nc3ccccc3N)c(C)c2)ccc1N. The van der Waals surface area contributed by atoms with Crippen molar-refractivity contribution in [2.45, 2.75) is 13.8 Å². The molecule has 23 heavy (non-hydrogen) atoms. The predicted octanol–water partition coefficient (Wildman–Crippen LogP) is 4.88. The number of hydrogen-bond donors (Lipinski definition) is 3. The molecule has 3 aromatic carbocycles. The molecule has 0 fully saturated rings. The second-order valence-electron chi connectivity index (χ2n) is 5.81. The highest BCUT2D eigenvalue weighted by atomic mass is 14.9. The van der Waals surface area contributed by atoms with Gasteiger partial charge in [-0.15, -0.1) is 0 Å². The third-order valence-corrected chi connectivity index (χ3v) is 4.06. The Bertz CT molecular complexity index is 853. The van der Waals surface area contributed by atoms with E-state index in [0.717, 1.165) is 28.3 Å². The van der Waals surface area contributed by atoms with Crippen LogP contribution in [0.3, 0.4) is 0 Å². The maximum absolute atomic E-state index is 6.00. The van der Waals surface area contributed by atoms with Gasteiger partial charge in [0.15, 0.2) is 0 Å². The van der Waals surface area contributed by atoms with E-state index in [4.69, 9.17) is 11.5 Å². The van der Waals surface area contributed by atoms with E-state index >= 15 is 0 Å². The Morgan fingerprint density at radius 1 is 0.652 bits per heavy atom. The van der Waals surface area contributed by atoms with Gasteiger partial charge in [0.05, 0.1) is 11.4 Å². The fraction of sp³-hybridized carbons (Fsp3) is 0.100. The van der Waals surface area contributed by atoms with Gasteiger partial charge < -0.3 is 16.8 Å². The van der Waals surface area contributed by atoms with Gasteiger partial charge in [0.1, 0.15) is 0 Å². The number of anilines is 4. The molecule has 0 aliphatic heterocycles. The van der Waals surface area contributed by atoms with Crippen LogP contribution in [-0.2, 0) is 0 Å². The molecule has 3 rings (SSSR count). The van der Waals surface area contributed by atoms with Crippen molar-refractivity contribution >= 4 is 22.7 Å². The fourth-order valence-electron chi connectivity index (χ4n) is 2.59. The van der Waals surface area contributed by atoms with E-state index in [1.807, 2.05) is 37.3 Å². The van der Waals surface area contributed by atoms with Gasteiger partial charge in [0.25, 0.3) is 0 Å². The Labute approximate surface area is 137 Å². The first kappa shape index (κ1) is 15.0. The maximum Gasteiger partial charge on any atom is 0.0617 e. The highest BCUT2D eigenvalue weighted by Gasteiger charge is 2.05. The largest absolute Gasteiger partial charge is 0.399 e. The van der Waals surface area contributed by atoms with Gasteiger partial charge in [0, 0.05) is 11.4 Å². The summed E-state index contributed by atoms with van der Waals surface area (Å²) in [6.07, 6.45) is 0. The highest BCUT2D eigenvalue weighted by Crippen LogP contribution is 2.30. The van der Waals surface area contributed by atoms with Crippen LogP contribution in [0.2, 0.25) is 0 Å². The van der Waals surface area contributed by atoms with Gasteiger partial charge in [-0.2, -0.15) is 0 Å². The second kappa shape index (κ2) is 6.05. The molecule has 0 spiro atoms. The van der Waals surface area contributed by atoms with Crippen molar-refractivity contribution in [1.29, 1.82) is 0 Å². The molecule has 3 nitrogen and oxygen atoms in total. The molecular formula is C20H21N3. The molecule has 0 aliphatic carbocycles. The molecular weight excluding hydrogens is 282 g/mol. The minimum absolute atomic E-state index is 0.741. The summed E-state index contributed by atoms with van der Waals surface area (Å²) in [5, 5.41) is 3.39. The number of hydrogen-bond acceptors (Lipinski definition) is 3. The fourth-order valence-corrected chi connectivity index (χ4v) is 2.59.